The van der Waals surface area contributed by atoms with E-state index < -0.39 is 5.91 Å². The number of hydrogen-bond acceptors (Lipinski definition) is 10. The summed E-state index contributed by atoms with van der Waals surface area (Å²) in [7, 11) is 0. The highest BCUT2D eigenvalue weighted by Crippen LogP contribution is 2.42. The van der Waals surface area contributed by atoms with Crippen LogP contribution in [0.25, 0.3) is 21.3 Å². The summed E-state index contributed by atoms with van der Waals surface area (Å²) in [5.74, 6) is -0.226. The molecule has 0 unspecified atom stereocenters. The molecule has 1 saturated heterocycles. The number of thiophene rings is 1. The Hall–Kier alpha value is -4.21. The fourth-order valence-corrected chi connectivity index (χ4v) is 4.82. The number of aryl methyl sites for hydroxylation is 1. The number of fused-ring (bicyclic) bond motifs is 1. The molecular formula is C22H21N8O3S+. The van der Waals surface area contributed by atoms with Gasteiger partial charge in [-0.2, -0.15) is 5.26 Å². The average molecular weight is 478 g/mol. The topological polar surface area (TPSA) is 160 Å². The van der Waals surface area contributed by atoms with Crippen molar-refractivity contribution in [3.05, 3.63) is 46.5 Å². The number of nitrogens with two attached hydrogens (primary N) is 2. The molecule has 1 aliphatic heterocycles. The van der Waals surface area contributed by atoms with Crippen molar-refractivity contribution in [2.24, 2.45) is 0 Å². The number of carbonyl (C=O) groups excluding carboxylic acids is 1. The van der Waals surface area contributed by atoms with Crippen LogP contribution in [-0.4, -0.2) is 42.5 Å². The Labute approximate surface area is 198 Å². The number of nitrogen functional groups attached to an aromatic ring is 2. The third kappa shape index (κ3) is 3.76. The number of morpholine rings is 1. The maximum Gasteiger partial charge on any atom is 0.306 e. The minimum absolute atomic E-state index is 0.0839. The minimum atomic E-state index is -0.474. The van der Waals surface area contributed by atoms with E-state index in [4.69, 9.17) is 20.7 Å². The average Bonchev–Trinajstić information content (AvgIpc) is 3.44. The lowest BCUT2D eigenvalue weighted by atomic mass is 9.96. The number of anilines is 3. The monoisotopic (exact) mass is 477 g/mol. The number of pyridine rings is 1. The number of ether oxygens (including phenoxy) is 1. The summed E-state index contributed by atoms with van der Waals surface area (Å²) in [6.07, 6.45) is 1.58. The first-order valence-electron chi connectivity index (χ1n) is 10.5. The zero-order valence-corrected chi connectivity index (χ0v) is 19.1. The van der Waals surface area contributed by atoms with Gasteiger partial charge < -0.3 is 16.2 Å². The third-order valence-electron chi connectivity index (χ3n) is 5.53. The summed E-state index contributed by atoms with van der Waals surface area (Å²) in [6.45, 7) is 4.46. The molecule has 0 saturated carbocycles. The van der Waals surface area contributed by atoms with Gasteiger partial charge in [-0.15, -0.1) is 16.3 Å². The predicted octanol–water partition coefficient (Wildman–Crippen LogP) is 1.80. The molecular weight excluding hydrogens is 456 g/mol. The molecule has 0 atom stereocenters. The molecule has 12 heteroatoms. The number of nitriles is 1. The second-order valence-corrected chi connectivity index (χ2v) is 8.76. The SMILES string of the molecule is Cc1ccc(-c2c(C#N)c(N)nc3sc(C(=O)Nc4c[n+](N5CCOCC5)no4)c(N)c23)cc1. The van der Waals surface area contributed by atoms with E-state index in [-0.39, 0.29) is 27.8 Å². The van der Waals surface area contributed by atoms with Crippen LogP contribution in [0, 0.1) is 18.3 Å². The van der Waals surface area contributed by atoms with Crippen molar-refractivity contribution >= 4 is 44.9 Å². The molecule has 0 bridgehead atoms. The number of amides is 1. The van der Waals surface area contributed by atoms with Gasteiger partial charge in [-0.25, -0.2) is 4.98 Å². The van der Waals surface area contributed by atoms with Crippen LogP contribution in [0.4, 0.5) is 17.4 Å². The van der Waals surface area contributed by atoms with Crippen molar-refractivity contribution in [2.75, 3.05) is 48.1 Å². The number of carbonyl (C=O) groups is 1. The van der Waals surface area contributed by atoms with Crippen LogP contribution < -0.4 is 26.6 Å². The van der Waals surface area contributed by atoms with Crippen molar-refractivity contribution in [1.82, 2.24) is 10.3 Å². The largest absolute Gasteiger partial charge is 0.397 e. The van der Waals surface area contributed by atoms with Crippen molar-refractivity contribution in [3.8, 4) is 17.2 Å². The molecule has 1 amide bonds. The van der Waals surface area contributed by atoms with Gasteiger partial charge in [0.05, 0.1) is 36.8 Å². The second kappa shape index (κ2) is 8.62. The van der Waals surface area contributed by atoms with Crippen molar-refractivity contribution in [3.63, 3.8) is 0 Å². The first kappa shape index (κ1) is 21.6. The summed E-state index contributed by atoms with van der Waals surface area (Å²) < 4.78 is 10.6. The lowest BCUT2D eigenvalue weighted by Crippen LogP contribution is -2.62. The summed E-state index contributed by atoms with van der Waals surface area (Å²) >= 11 is 1.10. The lowest BCUT2D eigenvalue weighted by Gasteiger charge is -2.18. The van der Waals surface area contributed by atoms with Crippen molar-refractivity contribution < 1.29 is 18.8 Å². The van der Waals surface area contributed by atoms with Gasteiger partial charge in [0.25, 0.3) is 12.1 Å². The summed E-state index contributed by atoms with van der Waals surface area (Å²) in [5, 5.41) is 18.9. The number of nitrogens with zero attached hydrogens (tertiary/aromatic N) is 5. The molecule has 4 heterocycles. The van der Waals surface area contributed by atoms with Crippen molar-refractivity contribution in [1.29, 1.82) is 5.26 Å². The first-order valence-corrected chi connectivity index (χ1v) is 11.3. The van der Waals surface area contributed by atoms with Gasteiger partial charge in [-0.05, 0) is 12.5 Å². The van der Waals surface area contributed by atoms with Crippen LogP contribution in [0.2, 0.25) is 0 Å². The molecule has 0 radical (unpaired) electrons. The van der Waals surface area contributed by atoms with E-state index in [2.05, 4.69) is 21.6 Å². The van der Waals surface area contributed by atoms with E-state index in [9.17, 15) is 10.1 Å². The quantitative estimate of drug-likeness (QED) is 0.372. The normalized spacial score (nSPS) is 13.7. The fourth-order valence-electron chi connectivity index (χ4n) is 3.81. The molecule has 5 rings (SSSR count). The molecule has 1 fully saturated rings. The molecule has 34 heavy (non-hydrogen) atoms. The van der Waals surface area contributed by atoms with Crippen LogP contribution in [-0.2, 0) is 4.74 Å². The molecule has 1 aliphatic rings. The van der Waals surface area contributed by atoms with Gasteiger partial charge in [0, 0.05) is 10.9 Å². The number of benzene rings is 1. The molecule has 5 N–H and O–H groups in total. The summed E-state index contributed by atoms with van der Waals surface area (Å²) in [6, 6.07) is 9.77. The van der Waals surface area contributed by atoms with Gasteiger partial charge in [-0.1, -0.05) is 29.8 Å². The highest BCUT2D eigenvalue weighted by molar-refractivity contribution is 7.21. The Morgan fingerprint density at radius 2 is 2.00 bits per heavy atom. The molecule has 4 aromatic rings. The lowest BCUT2D eigenvalue weighted by molar-refractivity contribution is -0.759. The number of rotatable bonds is 4. The Morgan fingerprint density at radius 1 is 1.26 bits per heavy atom. The van der Waals surface area contributed by atoms with Crippen LogP contribution >= 0.6 is 11.3 Å². The number of hydrogen-bond donors (Lipinski definition) is 3. The molecule has 0 spiro atoms. The molecule has 11 nitrogen and oxygen atoms in total. The maximum atomic E-state index is 13.1. The predicted molar refractivity (Wildman–Crippen MR) is 127 cm³/mol. The van der Waals surface area contributed by atoms with Crippen LogP contribution in [0.1, 0.15) is 20.8 Å². The molecule has 1 aromatic carbocycles. The Bertz CT molecular complexity index is 1430. The van der Waals surface area contributed by atoms with Gasteiger partial charge in [-0.3, -0.25) is 14.6 Å². The van der Waals surface area contributed by atoms with Crippen LogP contribution in [0.5, 0.6) is 0 Å². The first-order chi connectivity index (χ1) is 16.5. The number of aromatic nitrogens is 3. The Kier molecular flexibility index (Phi) is 5.48. The summed E-state index contributed by atoms with van der Waals surface area (Å²) in [4.78, 5) is 19.7. The molecule has 3 aromatic heterocycles. The van der Waals surface area contributed by atoms with Crippen LogP contribution in [0.15, 0.2) is 35.0 Å². The zero-order valence-electron chi connectivity index (χ0n) is 18.2. The maximum absolute atomic E-state index is 13.1. The van der Waals surface area contributed by atoms with E-state index in [0.29, 0.717) is 42.1 Å². The van der Waals surface area contributed by atoms with E-state index in [1.807, 2.05) is 36.2 Å². The van der Waals surface area contributed by atoms with Gasteiger partial charge in [0.1, 0.15) is 27.2 Å². The smallest absolute Gasteiger partial charge is 0.306 e. The minimum Gasteiger partial charge on any atom is -0.397 e. The highest BCUT2D eigenvalue weighted by Gasteiger charge is 2.27. The third-order valence-corrected chi connectivity index (χ3v) is 6.63. The summed E-state index contributed by atoms with van der Waals surface area (Å²) in [5.41, 5.74) is 15.4. The van der Waals surface area contributed by atoms with E-state index in [1.54, 1.807) is 6.20 Å². The van der Waals surface area contributed by atoms with Gasteiger partial charge >= 0.3 is 5.88 Å². The van der Waals surface area contributed by atoms with Gasteiger partial charge in [0.15, 0.2) is 0 Å². The zero-order chi connectivity index (χ0) is 23.8. The molecule has 0 aliphatic carbocycles. The Morgan fingerprint density at radius 3 is 2.71 bits per heavy atom. The molecule has 172 valence electrons. The standard InChI is InChI=1S/C22H20N8O3S/c1-12-2-4-13(5-3-12)16-14(10-23)20(25)27-22-17(16)18(24)19(34-22)21(31)26-15-11-30(28-33-15)29-6-8-32-9-7-29/h2-5,11H,6-9H2,1H3,(H4-,24,25,26,27,28,31)/p+1. The van der Waals surface area contributed by atoms with Gasteiger partial charge in [0.2, 0.25) is 5.27 Å². The highest BCUT2D eigenvalue weighted by atomic mass is 32.1. The second-order valence-electron chi connectivity index (χ2n) is 7.76. The van der Waals surface area contributed by atoms with E-state index >= 15 is 0 Å². The van der Waals surface area contributed by atoms with Crippen molar-refractivity contribution in [2.45, 2.75) is 6.92 Å². The number of nitrogens with one attached hydrogen (secondary N) is 1. The van der Waals surface area contributed by atoms with E-state index in [1.165, 1.54) is 4.79 Å². The Balaban J connectivity index is 1.52. The van der Waals surface area contributed by atoms with E-state index in [0.717, 1.165) is 22.5 Å². The fraction of sp³-hybridized carbons (Fsp3) is 0.227. The van der Waals surface area contributed by atoms with Crippen LogP contribution in [0.3, 0.4) is 0 Å².